The molecule has 106 valence electrons. The standard InChI is InChI=1S/C16H25NO2/c1-12-5-6-15(13(2)10-12)16(18)7-8-17-11-14-4-3-9-19-14/h5-6,10,14,16-18H,3-4,7-9,11H2,1-2H3. The summed E-state index contributed by atoms with van der Waals surface area (Å²) >= 11 is 0. The molecule has 2 atom stereocenters. The van der Waals surface area contributed by atoms with Gasteiger partial charge in [0.15, 0.2) is 0 Å². The fraction of sp³-hybridized carbons (Fsp3) is 0.625. The second-order valence-corrected chi connectivity index (χ2v) is 5.50. The average molecular weight is 263 g/mol. The number of aryl methyl sites for hydroxylation is 2. The molecule has 1 heterocycles. The van der Waals surface area contributed by atoms with Gasteiger partial charge in [0.1, 0.15) is 0 Å². The van der Waals surface area contributed by atoms with Gasteiger partial charge < -0.3 is 15.2 Å². The van der Waals surface area contributed by atoms with Crippen LogP contribution in [-0.4, -0.2) is 30.9 Å². The zero-order chi connectivity index (χ0) is 13.7. The van der Waals surface area contributed by atoms with Crippen LogP contribution in [0.2, 0.25) is 0 Å². The van der Waals surface area contributed by atoms with Gasteiger partial charge in [0, 0.05) is 13.2 Å². The van der Waals surface area contributed by atoms with Gasteiger partial charge in [-0.2, -0.15) is 0 Å². The summed E-state index contributed by atoms with van der Waals surface area (Å²) in [6, 6.07) is 6.22. The van der Waals surface area contributed by atoms with E-state index in [-0.39, 0.29) is 6.10 Å². The van der Waals surface area contributed by atoms with E-state index >= 15 is 0 Å². The number of ether oxygens (including phenoxy) is 1. The van der Waals surface area contributed by atoms with Crippen LogP contribution in [0, 0.1) is 13.8 Å². The zero-order valence-corrected chi connectivity index (χ0v) is 12.0. The molecule has 2 unspecified atom stereocenters. The first-order valence-electron chi connectivity index (χ1n) is 7.24. The van der Waals surface area contributed by atoms with Crippen LogP contribution in [0.1, 0.15) is 42.1 Å². The van der Waals surface area contributed by atoms with Crippen LogP contribution in [0.5, 0.6) is 0 Å². The summed E-state index contributed by atoms with van der Waals surface area (Å²) in [5.41, 5.74) is 3.46. The van der Waals surface area contributed by atoms with Gasteiger partial charge in [0.05, 0.1) is 12.2 Å². The number of nitrogens with one attached hydrogen (secondary N) is 1. The zero-order valence-electron chi connectivity index (χ0n) is 12.0. The van der Waals surface area contributed by atoms with Crippen molar-refractivity contribution in [3.05, 3.63) is 34.9 Å². The van der Waals surface area contributed by atoms with Crippen molar-refractivity contribution in [3.8, 4) is 0 Å². The number of hydrogen-bond donors (Lipinski definition) is 2. The Morgan fingerprint density at radius 2 is 2.26 bits per heavy atom. The van der Waals surface area contributed by atoms with Gasteiger partial charge in [0.2, 0.25) is 0 Å². The molecule has 0 bridgehead atoms. The number of benzene rings is 1. The van der Waals surface area contributed by atoms with E-state index in [1.54, 1.807) is 0 Å². The molecule has 0 aliphatic carbocycles. The van der Waals surface area contributed by atoms with Crippen LogP contribution in [0.25, 0.3) is 0 Å². The third kappa shape index (κ3) is 4.30. The fourth-order valence-electron chi connectivity index (χ4n) is 2.66. The smallest absolute Gasteiger partial charge is 0.0804 e. The molecular weight excluding hydrogens is 238 g/mol. The number of aliphatic hydroxyl groups excluding tert-OH is 1. The Bertz CT molecular complexity index is 400. The van der Waals surface area contributed by atoms with Crippen molar-refractivity contribution in [3.63, 3.8) is 0 Å². The summed E-state index contributed by atoms with van der Waals surface area (Å²) in [6.07, 6.45) is 3.08. The lowest BCUT2D eigenvalue weighted by Gasteiger charge is -2.16. The third-order valence-electron chi connectivity index (χ3n) is 3.77. The molecule has 1 aliphatic heterocycles. The van der Waals surface area contributed by atoms with Crippen molar-refractivity contribution in [1.82, 2.24) is 5.32 Å². The molecule has 3 nitrogen and oxygen atoms in total. The maximum Gasteiger partial charge on any atom is 0.0804 e. The largest absolute Gasteiger partial charge is 0.388 e. The molecule has 0 saturated carbocycles. The van der Waals surface area contributed by atoms with Crippen molar-refractivity contribution < 1.29 is 9.84 Å². The topological polar surface area (TPSA) is 41.5 Å². The lowest BCUT2D eigenvalue weighted by Crippen LogP contribution is -2.27. The molecule has 19 heavy (non-hydrogen) atoms. The first-order chi connectivity index (χ1) is 9.16. The van der Waals surface area contributed by atoms with Crippen LogP contribution in [-0.2, 0) is 4.74 Å². The first kappa shape index (κ1) is 14.5. The molecule has 2 rings (SSSR count). The van der Waals surface area contributed by atoms with Gasteiger partial charge in [-0.05, 0) is 50.8 Å². The lowest BCUT2D eigenvalue weighted by molar-refractivity contribution is 0.107. The van der Waals surface area contributed by atoms with E-state index in [1.165, 1.54) is 17.5 Å². The summed E-state index contributed by atoms with van der Waals surface area (Å²) in [7, 11) is 0. The van der Waals surface area contributed by atoms with Gasteiger partial charge >= 0.3 is 0 Å². The van der Waals surface area contributed by atoms with Gasteiger partial charge in [-0.1, -0.05) is 23.8 Å². The minimum Gasteiger partial charge on any atom is -0.388 e. The Labute approximate surface area is 116 Å². The van der Waals surface area contributed by atoms with E-state index < -0.39 is 0 Å². The molecule has 1 saturated heterocycles. The van der Waals surface area contributed by atoms with Gasteiger partial charge in [0.25, 0.3) is 0 Å². The van der Waals surface area contributed by atoms with E-state index in [0.29, 0.717) is 6.10 Å². The fourth-order valence-corrected chi connectivity index (χ4v) is 2.66. The Morgan fingerprint density at radius 3 is 2.95 bits per heavy atom. The second kappa shape index (κ2) is 7.04. The van der Waals surface area contributed by atoms with Gasteiger partial charge in [-0.3, -0.25) is 0 Å². The van der Waals surface area contributed by atoms with Crippen molar-refractivity contribution in [2.24, 2.45) is 0 Å². The number of hydrogen-bond acceptors (Lipinski definition) is 3. The SMILES string of the molecule is Cc1ccc(C(O)CCNCC2CCCO2)c(C)c1. The van der Waals surface area contributed by atoms with E-state index in [1.807, 2.05) is 6.07 Å². The Morgan fingerprint density at radius 1 is 1.42 bits per heavy atom. The maximum atomic E-state index is 10.2. The number of rotatable bonds is 6. The van der Waals surface area contributed by atoms with Crippen LogP contribution < -0.4 is 5.32 Å². The normalized spacial score (nSPS) is 20.7. The molecule has 1 aromatic carbocycles. The molecule has 0 spiro atoms. The Hall–Kier alpha value is -0.900. The minimum absolute atomic E-state index is 0.373. The molecule has 3 heteroatoms. The minimum atomic E-state index is -0.377. The van der Waals surface area contributed by atoms with Gasteiger partial charge in [-0.15, -0.1) is 0 Å². The summed E-state index contributed by atoms with van der Waals surface area (Å²) < 4.78 is 5.55. The summed E-state index contributed by atoms with van der Waals surface area (Å²) in [6.45, 7) is 6.77. The monoisotopic (exact) mass is 263 g/mol. The molecule has 1 aromatic rings. The third-order valence-corrected chi connectivity index (χ3v) is 3.77. The first-order valence-corrected chi connectivity index (χ1v) is 7.24. The Balaban J connectivity index is 1.72. The van der Waals surface area contributed by atoms with E-state index in [9.17, 15) is 5.11 Å². The van der Waals surface area contributed by atoms with E-state index in [0.717, 1.165) is 38.1 Å². The van der Waals surface area contributed by atoms with E-state index in [2.05, 4.69) is 31.3 Å². The molecule has 0 aromatic heterocycles. The predicted octanol–water partition coefficient (Wildman–Crippen LogP) is 2.50. The van der Waals surface area contributed by atoms with Crippen molar-refractivity contribution >= 4 is 0 Å². The van der Waals surface area contributed by atoms with Crippen LogP contribution in [0.15, 0.2) is 18.2 Å². The summed E-state index contributed by atoms with van der Waals surface area (Å²) in [5, 5.41) is 13.6. The van der Waals surface area contributed by atoms with Crippen LogP contribution in [0.4, 0.5) is 0 Å². The highest BCUT2D eigenvalue weighted by Crippen LogP contribution is 2.21. The van der Waals surface area contributed by atoms with Crippen molar-refractivity contribution in [2.45, 2.75) is 45.3 Å². The average Bonchev–Trinajstić information content (AvgIpc) is 2.87. The van der Waals surface area contributed by atoms with Crippen LogP contribution >= 0.6 is 0 Å². The highest BCUT2D eigenvalue weighted by molar-refractivity contribution is 5.31. The second-order valence-electron chi connectivity index (χ2n) is 5.50. The predicted molar refractivity (Wildman–Crippen MR) is 77.3 cm³/mol. The quantitative estimate of drug-likeness (QED) is 0.775. The summed E-state index contributed by atoms with van der Waals surface area (Å²) in [5.74, 6) is 0. The molecular formula is C16H25NO2. The maximum absolute atomic E-state index is 10.2. The van der Waals surface area contributed by atoms with Crippen molar-refractivity contribution in [1.29, 1.82) is 0 Å². The van der Waals surface area contributed by atoms with Gasteiger partial charge in [-0.25, -0.2) is 0 Å². The highest BCUT2D eigenvalue weighted by Gasteiger charge is 2.15. The van der Waals surface area contributed by atoms with E-state index in [4.69, 9.17) is 4.74 Å². The molecule has 2 N–H and O–H groups in total. The molecule has 1 fully saturated rings. The molecule has 0 radical (unpaired) electrons. The molecule has 0 amide bonds. The lowest BCUT2D eigenvalue weighted by atomic mass is 9.99. The van der Waals surface area contributed by atoms with Crippen molar-refractivity contribution in [2.75, 3.05) is 19.7 Å². The van der Waals surface area contributed by atoms with Crippen LogP contribution in [0.3, 0.4) is 0 Å². The highest BCUT2D eigenvalue weighted by atomic mass is 16.5. The molecule has 1 aliphatic rings. The summed E-state index contributed by atoms with van der Waals surface area (Å²) in [4.78, 5) is 0. The Kier molecular flexibility index (Phi) is 5.37. The number of aliphatic hydroxyl groups is 1.